The van der Waals surface area contributed by atoms with Crippen LogP contribution in [0.1, 0.15) is 24.5 Å². The van der Waals surface area contributed by atoms with Crippen LogP contribution in [0.25, 0.3) is 0 Å². The third-order valence-electron chi connectivity index (χ3n) is 1.54. The van der Waals surface area contributed by atoms with E-state index in [4.69, 9.17) is 5.11 Å². The highest BCUT2D eigenvalue weighted by molar-refractivity contribution is 7.11. The Balaban J connectivity index is 2.35. The predicted molar refractivity (Wildman–Crippen MR) is 35.8 cm³/mol. The topological polar surface area (TPSA) is 33.1 Å². The summed E-state index contributed by atoms with van der Waals surface area (Å²) in [5, 5.41) is 9.53. The zero-order valence-corrected chi connectivity index (χ0v) is 5.69. The number of rotatable bonds is 1. The Morgan fingerprint density at radius 3 is 2.89 bits per heavy atom. The van der Waals surface area contributed by atoms with Gasteiger partial charge in [-0.15, -0.1) is 0 Å². The number of aromatic nitrogens is 1. The van der Waals surface area contributed by atoms with Gasteiger partial charge in [-0.2, -0.15) is 0 Å². The van der Waals surface area contributed by atoms with Crippen molar-refractivity contribution in [1.29, 1.82) is 0 Å². The molecule has 0 aliphatic heterocycles. The Bertz CT molecular complexity index is 217. The summed E-state index contributed by atoms with van der Waals surface area (Å²) in [6.07, 6.45) is 2.41. The molecule has 3 heteroatoms. The maximum atomic E-state index is 9.12. The van der Waals surface area contributed by atoms with Crippen LogP contribution in [0.5, 0.6) is 5.06 Å². The van der Waals surface area contributed by atoms with E-state index in [2.05, 4.69) is 4.98 Å². The smallest absolute Gasteiger partial charge is 0.195 e. The van der Waals surface area contributed by atoms with Crippen molar-refractivity contribution < 1.29 is 5.11 Å². The highest BCUT2D eigenvalue weighted by atomic mass is 32.1. The van der Waals surface area contributed by atoms with Gasteiger partial charge in [0.1, 0.15) is 0 Å². The minimum atomic E-state index is 0.414. The molecule has 1 fully saturated rings. The van der Waals surface area contributed by atoms with Crippen LogP contribution in [-0.2, 0) is 0 Å². The molecule has 1 aliphatic rings. The van der Waals surface area contributed by atoms with E-state index >= 15 is 0 Å². The molecule has 1 saturated carbocycles. The lowest BCUT2D eigenvalue weighted by Crippen LogP contribution is -1.75. The van der Waals surface area contributed by atoms with Gasteiger partial charge in [-0.05, 0) is 12.8 Å². The molecule has 0 radical (unpaired) electrons. The normalized spacial score (nSPS) is 18.2. The van der Waals surface area contributed by atoms with Gasteiger partial charge in [-0.1, -0.05) is 11.3 Å². The fraction of sp³-hybridized carbons (Fsp3) is 0.500. The quantitative estimate of drug-likeness (QED) is 0.646. The van der Waals surface area contributed by atoms with Crippen molar-refractivity contribution in [2.45, 2.75) is 18.8 Å². The van der Waals surface area contributed by atoms with Crippen LogP contribution in [0, 0.1) is 0 Å². The summed E-state index contributed by atoms with van der Waals surface area (Å²) in [5.74, 6) is 0.580. The lowest BCUT2D eigenvalue weighted by molar-refractivity contribution is 0.482. The summed E-state index contributed by atoms with van der Waals surface area (Å²) in [6, 6.07) is 0. The van der Waals surface area contributed by atoms with Crippen LogP contribution < -0.4 is 0 Å². The first-order valence-corrected chi connectivity index (χ1v) is 3.88. The van der Waals surface area contributed by atoms with Gasteiger partial charge in [0.15, 0.2) is 5.06 Å². The number of aromatic hydroxyl groups is 1. The third kappa shape index (κ3) is 0.812. The molecular weight excluding hydrogens is 134 g/mol. The molecule has 0 saturated heterocycles. The Labute approximate surface area is 57.2 Å². The fourth-order valence-corrected chi connectivity index (χ4v) is 1.49. The minimum Gasteiger partial charge on any atom is -0.498 e. The molecule has 2 nitrogen and oxygen atoms in total. The Kier molecular flexibility index (Phi) is 0.990. The summed E-state index contributed by atoms with van der Waals surface area (Å²) in [4.78, 5) is 4.05. The lowest BCUT2D eigenvalue weighted by Gasteiger charge is -1.87. The van der Waals surface area contributed by atoms with E-state index in [1.54, 1.807) is 5.51 Å². The highest BCUT2D eigenvalue weighted by Crippen LogP contribution is 2.44. The van der Waals surface area contributed by atoms with Crippen LogP contribution in [-0.4, -0.2) is 10.1 Å². The molecule has 1 N–H and O–H groups in total. The molecule has 2 rings (SSSR count). The van der Waals surface area contributed by atoms with Gasteiger partial charge in [0.05, 0.1) is 11.2 Å². The maximum absolute atomic E-state index is 9.12. The average Bonchev–Trinajstić information content (AvgIpc) is 2.58. The van der Waals surface area contributed by atoms with Crippen molar-refractivity contribution in [2.24, 2.45) is 0 Å². The monoisotopic (exact) mass is 141 g/mol. The van der Waals surface area contributed by atoms with Crippen molar-refractivity contribution in [3.63, 3.8) is 0 Å². The van der Waals surface area contributed by atoms with Gasteiger partial charge < -0.3 is 5.11 Å². The molecule has 0 spiro atoms. The number of hydrogen-bond acceptors (Lipinski definition) is 3. The first-order valence-electron chi connectivity index (χ1n) is 3.00. The molecule has 48 valence electrons. The average molecular weight is 141 g/mol. The molecule has 0 bridgehead atoms. The van der Waals surface area contributed by atoms with E-state index in [-0.39, 0.29) is 0 Å². The van der Waals surface area contributed by atoms with Crippen molar-refractivity contribution in [1.82, 2.24) is 4.98 Å². The number of thiazole rings is 1. The molecule has 1 aromatic heterocycles. The SMILES string of the molecule is Oc1scnc1C1CC1. The number of hydrogen-bond donors (Lipinski definition) is 1. The molecule has 0 aromatic carbocycles. The summed E-state index contributed by atoms with van der Waals surface area (Å²) < 4.78 is 0. The molecule has 0 atom stereocenters. The zero-order chi connectivity index (χ0) is 6.27. The van der Waals surface area contributed by atoms with Crippen molar-refractivity contribution in [3.05, 3.63) is 11.2 Å². The minimum absolute atomic E-state index is 0.414. The van der Waals surface area contributed by atoms with Gasteiger partial charge in [0.25, 0.3) is 0 Å². The molecular formula is C6H7NOS. The Morgan fingerprint density at radius 1 is 1.67 bits per heavy atom. The first kappa shape index (κ1) is 5.23. The van der Waals surface area contributed by atoms with Crippen LogP contribution in [0.15, 0.2) is 5.51 Å². The molecule has 1 aromatic rings. The van der Waals surface area contributed by atoms with Gasteiger partial charge in [0.2, 0.25) is 0 Å². The first-order chi connectivity index (χ1) is 4.38. The summed E-state index contributed by atoms with van der Waals surface area (Å²) >= 11 is 1.32. The van der Waals surface area contributed by atoms with E-state index in [0.29, 0.717) is 11.0 Å². The van der Waals surface area contributed by atoms with Crippen molar-refractivity contribution in [2.75, 3.05) is 0 Å². The van der Waals surface area contributed by atoms with Crippen molar-refractivity contribution in [3.8, 4) is 5.06 Å². The molecule has 9 heavy (non-hydrogen) atoms. The van der Waals surface area contributed by atoms with Crippen LogP contribution >= 0.6 is 11.3 Å². The second-order valence-electron chi connectivity index (χ2n) is 2.32. The van der Waals surface area contributed by atoms with Gasteiger partial charge in [-0.25, -0.2) is 4.98 Å². The van der Waals surface area contributed by atoms with Crippen LogP contribution in [0.4, 0.5) is 0 Å². The van der Waals surface area contributed by atoms with E-state index in [1.807, 2.05) is 0 Å². The highest BCUT2D eigenvalue weighted by Gasteiger charge is 2.28. The van der Waals surface area contributed by atoms with Gasteiger partial charge in [0, 0.05) is 5.92 Å². The summed E-state index contributed by atoms with van der Waals surface area (Å²) in [6.45, 7) is 0. The van der Waals surface area contributed by atoms with E-state index in [9.17, 15) is 0 Å². The second kappa shape index (κ2) is 1.70. The van der Waals surface area contributed by atoms with E-state index in [1.165, 1.54) is 24.2 Å². The molecule has 0 amide bonds. The fourth-order valence-electron chi connectivity index (χ4n) is 0.885. The molecule has 1 heterocycles. The van der Waals surface area contributed by atoms with E-state index < -0.39 is 0 Å². The van der Waals surface area contributed by atoms with E-state index in [0.717, 1.165) is 5.69 Å². The zero-order valence-electron chi connectivity index (χ0n) is 4.87. The largest absolute Gasteiger partial charge is 0.498 e. The molecule has 1 aliphatic carbocycles. The summed E-state index contributed by atoms with van der Waals surface area (Å²) in [5.41, 5.74) is 2.61. The Hall–Kier alpha value is -0.570. The molecule has 0 unspecified atom stereocenters. The second-order valence-corrected chi connectivity index (χ2v) is 3.15. The van der Waals surface area contributed by atoms with Crippen LogP contribution in [0.2, 0.25) is 0 Å². The lowest BCUT2D eigenvalue weighted by atomic mass is 10.3. The standard InChI is InChI=1S/C6H7NOS/c8-6-5(4-1-2-4)7-3-9-6/h3-4,8H,1-2H2. The number of nitrogens with zero attached hydrogens (tertiary/aromatic N) is 1. The van der Waals surface area contributed by atoms with Crippen molar-refractivity contribution >= 4 is 11.3 Å². The predicted octanol–water partition coefficient (Wildman–Crippen LogP) is 1.73. The van der Waals surface area contributed by atoms with Crippen LogP contribution in [0.3, 0.4) is 0 Å². The maximum Gasteiger partial charge on any atom is 0.195 e. The summed E-state index contributed by atoms with van der Waals surface area (Å²) in [7, 11) is 0. The van der Waals surface area contributed by atoms with Gasteiger partial charge in [-0.3, -0.25) is 0 Å². The third-order valence-corrected chi connectivity index (χ3v) is 2.18. The Morgan fingerprint density at radius 2 is 2.44 bits per heavy atom. The van der Waals surface area contributed by atoms with Gasteiger partial charge >= 0.3 is 0 Å².